The van der Waals surface area contributed by atoms with Crippen molar-refractivity contribution in [3.63, 3.8) is 0 Å². The van der Waals surface area contributed by atoms with E-state index in [4.69, 9.17) is 37.9 Å². The summed E-state index contributed by atoms with van der Waals surface area (Å²) in [6.45, 7) is -2.58. The topological polar surface area (TPSA) is 249 Å². The third-order valence-corrected chi connectivity index (χ3v) is 11.8. The fourth-order valence-electron chi connectivity index (χ4n) is 8.36. The number of fused-ring (bicyclic) bond motifs is 2. The van der Waals surface area contributed by atoms with E-state index in [2.05, 4.69) is 25.3 Å². The van der Waals surface area contributed by atoms with Crippen LogP contribution in [0.4, 0.5) is 29.2 Å². The number of anilines is 2. The monoisotopic (exact) mass is 924 g/mol. The standard InChI is InChI=1S/C33H28F2N4O5.C13H12F2N4O4/c1-3-31(42)29(41)32(35,19-40)44-30(31)39-18-25(34)26-27(36-20-37-28(26)39)38-33(21-10-6-4-7-11-21,22-12-8-5-9-13-22)23-14-16-24(43-2)17-15-23;1-2-12(22)10(21)13(15,4-20)23-11(12)19-3-6(14)7-8(16)17-5-18-9(7)19/h1,4-18,20,29-30,40-42H,19H2,2H3,(H,36,37,38);1,3,5,10-11,20-22H,4H2,(H2,16,17,18)/t29-,30+,31+,32+;10-,11+,12+,13+/m00/s1. The Morgan fingerprint density at radius 3 is 1.60 bits per heavy atom. The highest BCUT2D eigenvalue weighted by atomic mass is 19.2. The normalized spacial score (nSPS) is 27.0. The molecule has 67 heavy (non-hydrogen) atoms. The van der Waals surface area contributed by atoms with E-state index in [0.29, 0.717) is 5.75 Å². The molecule has 21 heteroatoms. The number of terminal acetylenes is 2. The summed E-state index contributed by atoms with van der Waals surface area (Å²) < 4.78 is 77.1. The van der Waals surface area contributed by atoms with Crippen LogP contribution in [0.25, 0.3) is 22.1 Å². The molecular formula is C46H40F4N8O9. The second-order valence-electron chi connectivity index (χ2n) is 15.6. The Morgan fingerprint density at radius 2 is 1.15 bits per heavy atom. The number of alkyl halides is 2. The van der Waals surface area contributed by atoms with Gasteiger partial charge in [0, 0.05) is 12.4 Å². The molecule has 7 aromatic rings. The summed E-state index contributed by atoms with van der Waals surface area (Å²) in [7, 11) is 1.57. The van der Waals surface area contributed by atoms with Crippen LogP contribution in [0.1, 0.15) is 29.1 Å². The van der Waals surface area contributed by atoms with Crippen molar-refractivity contribution >= 4 is 33.7 Å². The van der Waals surface area contributed by atoms with E-state index in [1.807, 2.05) is 96.8 Å². The molecule has 0 amide bonds. The SMILES string of the molecule is C#C[C@]1(O)[C@H](n2cc(F)c3c(N)ncnc32)O[C@](F)(CO)[C@H]1O.C#C[C@]1(O)[C@H](n2cc(F)c3c(NC(c4ccccc4)(c4ccccc4)c4ccc(OC)cc4)ncnc32)O[C@](F)(CO)[C@H]1O. The van der Waals surface area contributed by atoms with Crippen molar-refractivity contribution in [2.45, 2.75) is 53.1 Å². The largest absolute Gasteiger partial charge is 0.497 e. The van der Waals surface area contributed by atoms with Gasteiger partial charge < -0.3 is 55.9 Å². The summed E-state index contributed by atoms with van der Waals surface area (Å²) >= 11 is 0. The molecule has 2 aliphatic heterocycles. The number of nitrogen functional groups attached to an aromatic ring is 1. The highest BCUT2D eigenvalue weighted by Gasteiger charge is 2.66. The van der Waals surface area contributed by atoms with E-state index >= 15 is 8.78 Å². The van der Waals surface area contributed by atoms with Crippen molar-refractivity contribution in [2.75, 3.05) is 31.4 Å². The summed E-state index contributed by atoms with van der Waals surface area (Å²) in [5.41, 5.74) is 1.33. The lowest BCUT2D eigenvalue weighted by atomic mass is 9.77. The minimum absolute atomic E-state index is 0.0613. The Balaban J connectivity index is 0.000000222. The molecular weight excluding hydrogens is 885 g/mol. The summed E-state index contributed by atoms with van der Waals surface area (Å²) in [6.07, 6.45) is 6.44. The number of nitrogens with zero attached hydrogens (tertiary/aromatic N) is 6. The molecule has 6 heterocycles. The van der Waals surface area contributed by atoms with Gasteiger partial charge in [-0.3, -0.25) is 9.13 Å². The van der Waals surface area contributed by atoms with Crippen LogP contribution in [-0.4, -0.2) is 115 Å². The van der Waals surface area contributed by atoms with E-state index in [1.54, 1.807) is 7.11 Å². The molecule has 9 rings (SSSR count). The van der Waals surface area contributed by atoms with E-state index in [9.17, 15) is 34.3 Å². The second-order valence-corrected chi connectivity index (χ2v) is 15.6. The number of ether oxygens (including phenoxy) is 3. The first-order chi connectivity index (χ1) is 32.0. The van der Waals surface area contributed by atoms with Gasteiger partial charge in [-0.05, 0) is 28.8 Å². The average molecular weight is 925 g/mol. The molecule has 3 aromatic carbocycles. The number of hydrogen-bond acceptors (Lipinski definition) is 15. The zero-order chi connectivity index (χ0) is 48.1. The van der Waals surface area contributed by atoms with Gasteiger partial charge in [-0.2, -0.15) is 0 Å². The number of rotatable bonds is 10. The smallest absolute Gasteiger partial charge is 0.264 e. The van der Waals surface area contributed by atoms with E-state index in [1.165, 1.54) is 6.33 Å². The number of benzene rings is 3. The molecule has 0 spiro atoms. The molecule has 346 valence electrons. The molecule has 0 unspecified atom stereocenters. The Labute approximate surface area is 377 Å². The maximum absolute atomic E-state index is 16.0. The van der Waals surface area contributed by atoms with Crippen LogP contribution in [0.15, 0.2) is 110 Å². The number of nitrogens with two attached hydrogens (primary N) is 1. The maximum atomic E-state index is 16.0. The Morgan fingerprint density at radius 1 is 0.716 bits per heavy atom. The van der Waals surface area contributed by atoms with E-state index in [-0.39, 0.29) is 33.7 Å². The second kappa shape index (κ2) is 17.2. The number of nitrogens with one attached hydrogen (secondary N) is 1. The predicted octanol–water partition coefficient (Wildman–Crippen LogP) is 2.96. The lowest BCUT2D eigenvalue weighted by Gasteiger charge is -2.37. The van der Waals surface area contributed by atoms with Crippen LogP contribution in [0.5, 0.6) is 5.75 Å². The quantitative estimate of drug-likeness (QED) is 0.0558. The van der Waals surface area contributed by atoms with Crippen LogP contribution in [0, 0.1) is 36.3 Å². The molecule has 2 saturated heterocycles. The molecule has 0 saturated carbocycles. The van der Waals surface area contributed by atoms with E-state index in [0.717, 1.165) is 44.5 Å². The van der Waals surface area contributed by atoms with Crippen LogP contribution in [0.3, 0.4) is 0 Å². The first kappa shape index (κ1) is 46.4. The minimum Gasteiger partial charge on any atom is -0.497 e. The lowest BCUT2D eigenvalue weighted by molar-refractivity contribution is -0.206. The highest BCUT2D eigenvalue weighted by molar-refractivity contribution is 5.89. The van der Waals surface area contributed by atoms with Gasteiger partial charge in [0.05, 0.1) is 17.9 Å². The van der Waals surface area contributed by atoms with Crippen molar-refractivity contribution in [1.29, 1.82) is 0 Å². The number of methoxy groups -OCH3 is 1. The van der Waals surface area contributed by atoms with Gasteiger partial charge in [-0.15, -0.1) is 12.8 Å². The molecule has 2 fully saturated rings. The van der Waals surface area contributed by atoms with Gasteiger partial charge in [-0.1, -0.05) is 84.6 Å². The van der Waals surface area contributed by atoms with Gasteiger partial charge in [0.15, 0.2) is 47.6 Å². The molecule has 2 aliphatic rings. The highest BCUT2D eigenvalue weighted by Crippen LogP contribution is 2.49. The first-order valence-electron chi connectivity index (χ1n) is 20.0. The predicted molar refractivity (Wildman–Crippen MR) is 230 cm³/mol. The first-order valence-corrected chi connectivity index (χ1v) is 20.0. The van der Waals surface area contributed by atoms with Crippen molar-refractivity contribution in [3.05, 3.63) is 138 Å². The van der Waals surface area contributed by atoms with Crippen molar-refractivity contribution in [3.8, 4) is 30.4 Å². The van der Waals surface area contributed by atoms with Crippen LogP contribution < -0.4 is 15.8 Å². The van der Waals surface area contributed by atoms with Gasteiger partial charge in [-0.25, -0.2) is 37.5 Å². The average Bonchev–Trinajstić information content (AvgIpc) is 4.01. The van der Waals surface area contributed by atoms with Crippen molar-refractivity contribution in [1.82, 2.24) is 29.1 Å². The fraction of sp³-hybridized carbons (Fsp3) is 0.261. The fourth-order valence-corrected chi connectivity index (χ4v) is 8.36. The minimum atomic E-state index is -3.11. The third-order valence-electron chi connectivity index (χ3n) is 11.8. The molecule has 17 nitrogen and oxygen atoms in total. The number of aliphatic hydroxyl groups is 6. The summed E-state index contributed by atoms with van der Waals surface area (Å²) in [5.74, 6) is -3.54. The zero-order valence-corrected chi connectivity index (χ0v) is 35.0. The molecule has 0 bridgehead atoms. The summed E-state index contributed by atoms with van der Waals surface area (Å²) in [4.78, 5) is 16.1. The van der Waals surface area contributed by atoms with Crippen LogP contribution in [0.2, 0.25) is 0 Å². The Bertz CT molecular complexity index is 2990. The maximum Gasteiger partial charge on any atom is 0.264 e. The zero-order valence-electron chi connectivity index (χ0n) is 35.0. The Hall–Kier alpha value is -7.18. The van der Waals surface area contributed by atoms with Gasteiger partial charge >= 0.3 is 0 Å². The van der Waals surface area contributed by atoms with Gasteiger partial charge in [0.1, 0.15) is 48.8 Å². The Kier molecular flexibility index (Phi) is 11.9. The van der Waals surface area contributed by atoms with Crippen molar-refractivity contribution in [2.24, 2.45) is 0 Å². The number of aliphatic hydroxyl groups excluding tert-OH is 4. The molecule has 0 radical (unpaired) electrons. The van der Waals surface area contributed by atoms with Crippen LogP contribution in [-0.2, 0) is 15.0 Å². The van der Waals surface area contributed by atoms with Crippen molar-refractivity contribution < 1.29 is 62.4 Å². The summed E-state index contributed by atoms with van der Waals surface area (Å²) in [5, 5.41) is 63.7. The molecule has 9 N–H and O–H groups in total. The molecule has 0 aliphatic carbocycles. The van der Waals surface area contributed by atoms with Gasteiger partial charge in [0.2, 0.25) is 11.2 Å². The van der Waals surface area contributed by atoms with E-state index < -0.39 is 78.0 Å². The number of aromatic nitrogens is 6. The number of halogens is 4. The molecule has 8 atom stereocenters. The van der Waals surface area contributed by atoms with Crippen LogP contribution >= 0.6 is 0 Å². The molecule has 4 aromatic heterocycles. The number of hydrogen-bond donors (Lipinski definition) is 8. The lowest BCUT2D eigenvalue weighted by Crippen LogP contribution is -2.49. The van der Waals surface area contributed by atoms with Gasteiger partial charge in [0.25, 0.3) is 11.7 Å². The summed E-state index contributed by atoms with van der Waals surface area (Å²) in [6, 6.07) is 26.5. The third kappa shape index (κ3) is 7.25.